The Hall–Kier alpha value is -3.07. The average Bonchev–Trinajstić information content (AvgIpc) is 3.22. The second-order valence-corrected chi connectivity index (χ2v) is 5.44. The molecule has 0 saturated carbocycles. The van der Waals surface area contributed by atoms with Crippen molar-refractivity contribution in [2.75, 3.05) is 11.9 Å². The molecule has 1 atom stereocenters. The van der Waals surface area contributed by atoms with Gasteiger partial charge < -0.3 is 14.4 Å². The number of benzene rings is 1. The number of anilines is 1. The summed E-state index contributed by atoms with van der Waals surface area (Å²) in [6.07, 6.45) is 0. The summed E-state index contributed by atoms with van der Waals surface area (Å²) in [5.74, 6) is 0.866. The fraction of sp³-hybridized carbons (Fsp3) is 0.250. The maximum absolute atomic E-state index is 13.3. The summed E-state index contributed by atoms with van der Waals surface area (Å²) in [6.45, 7) is 3.52. The summed E-state index contributed by atoms with van der Waals surface area (Å²) in [4.78, 5) is 16.1. The molecule has 0 aliphatic heterocycles. The molecule has 2 N–H and O–H groups in total. The first kappa shape index (κ1) is 16.8. The van der Waals surface area contributed by atoms with Crippen molar-refractivity contribution in [3.05, 3.63) is 47.8 Å². The summed E-state index contributed by atoms with van der Waals surface area (Å²) < 4.78 is 23.3. The Labute approximate surface area is 142 Å². The number of nitrogens with one attached hydrogen (secondary N) is 2. The molecular formula is C16H16FN5O3. The summed E-state index contributed by atoms with van der Waals surface area (Å²) in [6, 6.07) is 7.16. The normalized spacial score (nSPS) is 12.1. The van der Waals surface area contributed by atoms with Crippen molar-refractivity contribution in [2.24, 2.45) is 0 Å². The van der Waals surface area contributed by atoms with Gasteiger partial charge in [0.2, 0.25) is 17.6 Å². The summed E-state index contributed by atoms with van der Waals surface area (Å²) in [7, 11) is 0. The van der Waals surface area contributed by atoms with Crippen LogP contribution in [-0.4, -0.2) is 27.7 Å². The number of nitrogens with zero attached hydrogens (tertiary/aromatic N) is 3. The summed E-state index contributed by atoms with van der Waals surface area (Å²) in [5, 5.41) is 13.1. The average molecular weight is 345 g/mol. The predicted octanol–water partition coefficient (Wildman–Crippen LogP) is 2.46. The third kappa shape index (κ3) is 4.27. The molecule has 0 bridgehead atoms. The van der Waals surface area contributed by atoms with Crippen LogP contribution in [0.3, 0.4) is 0 Å². The SMILES string of the molecule is Cc1cc(NC(=O)CN[C@@H](C)c2nc(-c3cccc(F)c3)no2)no1. The van der Waals surface area contributed by atoms with E-state index in [1.54, 1.807) is 32.0 Å². The highest BCUT2D eigenvalue weighted by Crippen LogP contribution is 2.19. The van der Waals surface area contributed by atoms with E-state index in [4.69, 9.17) is 9.05 Å². The molecule has 2 heterocycles. The van der Waals surface area contributed by atoms with Gasteiger partial charge in [0.05, 0.1) is 12.6 Å². The van der Waals surface area contributed by atoms with Crippen molar-refractivity contribution >= 4 is 11.7 Å². The van der Waals surface area contributed by atoms with Crippen molar-refractivity contribution in [3.63, 3.8) is 0 Å². The number of rotatable bonds is 6. The van der Waals surface area contributed by atoms with Crippen LogP contribution in [0.5, 0.6) is 0 Å². The molecule has 1 aromatic carbocycles. The van der Waals surface area contributed by atoms with Crippen molar-refractivity contribution in [1.82, 2.24) is 20.6 Å². The van der Waals surface area contributed by atoms with Gasteiger partial charge in [0, 0.05) is 11.6 Å². The maximum atomic E-state index is 13.3. The van der Waals surface area contributed by atoms with Gasteiger partial charge >= 0.3 is 0 Å². The first-order chi connectivity index (χ1) is 12.0. The van der Waals surface area contributed by atoms with E-state index >= 15 is 0 Å². The number of aromatic nitrogens is 3. The Morgan fingerprint density at radius 2 is 2.12 bits per heavy atom. The topological polar surface area (TPSA) is 106 Å². The van der Waals surface area contributed by atoms with Gasteiger partial charge in [0.25, 0.3) is 0 Å². The highest BCUT2D eigenvalue weighted by Gasteiger charge is 2.16. The molecule has 3 rings (SSSR count). The van der Waals surface area contributed by atoms with Crippen LogP contribution >= 0.6 is 0 Å². The summed E-state index contributed by atoms with van der Waals surface area (Å²) >= 11 is 0. The van der Waals surface area contributed by atoms with Crippen LogP contribution in [-0.2, 0) is 4.79 Å². The van der Waals surface area contributed by atoms with E-state index < -0.39 is 0 Å². The van der Waals surface area contributed by atoms with Crippen LogP contribution < -0.4 is 10.6 Å². The molecule has 25 heavy (non-hydrogen) atoms. The Morgan fingerprint density at radius 3 is 2.84 bits per heavy atom. The smallest absolute Gasteiger partial charge is 0.243 e. The third-order valence-corrected chi connectivity index (χ3v) is 3.36. The Kier molecular flexibility index (Phi) is 4.85. The fourth-order valence-corrected chi connectivity index (χ4v) is 2.10. The van der Waals surface area contributed by atoms with Crippen LogP contribution in [0, 0.1) is 12.7 Å². The van der Waals surface area contributed by atoms with Gasteiger partial charge in [-0.25, -0.2) is 4.39 Å². The number of aryl methyl sites for hydroxylation is 1. The van der Waals surface area contributed by atoms with E-state index in [1.807, 2.05) is 0 Å². The molecule has 8 nitrogen and oxygen atoms in total. The Balaban J connectivity index is 1.56. The number of halogens is 1. The molecule has 130 valence electrons. The van der Waals surface area contributed by atoms with Crippen LogP contribution in [0.1, 0.15) is 24.6 Å². The highest BCUT2D eigenvalue weighted by molar-refractivity contribution is 5.91. The zero-order valence-corrected chi connectivity index (χ0v) is 13.6. The van der Waals surface area contributed by atoms with E-state index in [0.29, 0.717) is 23.0 Å². The molecule has 0 saturated heterocycles. The van der Waals surface area contributed by atoms with Crippen LogP contribution in [0.25, 0.3) is 11.4 Å². The van der Waals surface area contributed by atoms with Gasteiger partial charge in [-0.3, -0.25) is 10.1 Å². The minimum Gasteiger partial charge on any atom is -0.360 e. The lowest BCUT2D eigenvalue weighted by molar-refractivity contribution is -0.115. The molecule has 9 heteroatoms. The molecule has 0 spiro atoms. The lowest BCUT2D eigenvalue weighted by Crippen LogP contribution is -2.30. The molecule has 0 aliphatic carbocycles. The van der Waals surface area contributed by atoms with Gasteiger partial charge in [0.1, 0.15) is 11.6 Å². The third-order valence-electron chi connectivity index (χ3n) is 3.36. The lowest BCUT2D eigenvalue weighted by atomic mass is 10.2. The highest BCUT2D eigenvalue weighted by atomic mass is 19.1. The number of carbonyl (C=O) groups excluding carboxylic acids is 1. The van der Waals surface area contributed by atoms with Crippen LogP contribution in [0.4, 0.5) is 10.2 Å². The monoisotopic (exact) mass is 345 g/mol. The van der Waals surface area contributed by atoms with Crippen LogP contribution in [0.15, 0.2) is 39.4 Å². The molecule has 0 aliphatic rings. The second-order valence-electron chi connectivity index (χ2n) is 5.44. The number of hydrogen-bond donors (Lipinski definition) is 2. The molecule has 3 aromatic rings. The standard InChI is InChI=1S/C16H16FN5O3/c1-9-6-13(21-24-9)19-14(23)8-18-10(2)16-20-15(22-25-16)11-4-3-5-12(17)7-11/h3-7,10,18H,8H2,1-2H3,(H,19,21,23)/t10-/m0/s1. The van der Waals surface area contributed by atoms with E-state index in [-0.39, 0.29) is 30.1 Å². The first-order valence-electron chi connectivity index (χ1n) is 7.57. The van der Waals surface area contributed by atoms with E-state index in [0.717, 1.165) is 0 Å². The van der Waals surface area contributed by atoms with Crippen molar-refractivity contribution in [1.29, 1.82) is 0 Å². The van der Waals surface area contributed by atoms with Gasteiger partial charge in [-0.1, -0.05) is 22.4 Å². The fourth-order valence-electron chi connectivity index (χ4n) is 2.10. The largest absolute Gasteiger partial charge is 0.360 e. The van der Waals surface area contributed by atoms with Crippen molar-refractivity contribution < 1.29 is 18.2 Å². The van der Waals surface area contributed by atoms with E-state index in [1.165, 1.54) is 12.1 Å². The second kappa shape index (κ2) is 7.22. The number of carbonyl (C=O) groups is 1. The zero-order valence-electron chi connectivity index (χ0n) is 13.6. The van der Waals surface area contributed by atoms with E-state index in [2.05, 4.69) is 25.9 Å². The summed E-state index contributed by atoms with van der Waals surface area (Å²) in [5.41, 5.74) is 0.515. The molecular weight excluding hydrogens is 329 g/mol. The predicted molar refractivity (Wildman–Crippen MR) is 86.0 cm³/mol. The molecule has 1 amide bonds. The van der Waals surface area contributed by atoms with E-state index in [9.17, 15) is 9.18 Å². The Morgan fingerprint density at radius 1 is 1.28 bits per heavy atom. The van der Waals surface area contributed by atoms with Crippen molar-refractivity contribution in [2.45, 2.75) is 19.9 Å². The molecule has 0 unspecified atom stereocenters. The van der Waals surface area contributed by atoms with Gasteiger partial charge in [0.15, 0.2) is 5.82 Å². The van der Waals surface area contributed by atoms with Crippen LogP contribution in [0.2, 0.25) is 0 Å². The quantitative estimate of drug-likeness (QED) is 0.707. The Bertz CT molecular complexity index is 876. The molecule has 0 radical (unpaired) electrons. The zero-order chi connectivity index (χ0) is 17.8. The van der Waals surface area contributed by atoms with Gasteiger partial charge in [-0.15, -0.1) is 0 Å². The first-order valence-corrected chi connectivity index (χ1v) is 7.57. The number of amides is 1. The lowest BCUT2D eigenvalue weighted by Gasteiger charge is -2.08. The van der Waals surface area contributed by atoms with Crippen molar-refractivity contribution in [3.8, 4) is 11.4 Å². The minimum atomic E-state index is -0.380. The molecule has 0 fully saturated rings. The molecule has 2 aromatic heterocycles. The minimum absolute atomic E-state index is 0.0186. The van der Waals surface area contributed by atoms with Gasteiger partial charge in [-0.2, -0.15) is 4.98 Å². The maximum Gasteiger partial charge on any atom is 0.243 e. The van der Waals surface area contributed by atoms with Gasteiger partial charge in [-0.05, 0) is 26.0 Å². The number of hydrogen-bond acceptors (Lipinski definition) is 7.